The summed E-state index contributed by atoms with van der Waals surface area (Å²) in [5.74, 6) is 1.12. The van der Waals surface area contributed by atoms with Gasteiger partial charge in [-0.25, -0.2) is 0 Å². The van der Waals surface area contributed by atoms with Crippen molar-refractivity contribution in [2.75, 3.05) is 5.94 Å². The summed E-state index contributed by atoms with van der Waals surface area (Å²) in [5.41, 5.74) is 0.978. The van der Waals surface area contributed by atoms with Crippen molar-refractivity contribution in [1.82, 2.24) is 0 Å². The number of halogens is 1. The molecule has 0 heterocycles. The minimum absolute atomic E-state index is 0.346. The van der Waals surface area contributed by atoms with Crippen molar-refractivity contribution in [2.45, 2.75) is 6.92 Å². The maximum atomic E-state index is 8.27. The molecule has 0 atom stereocenters. The van der Waals surface area contributed by atoms with Gasteiger partial charge in [0.25, 0.3) is 0 Å². The van der Waals surface area contributed by atoms with E-state index in [1.165, 1.54) is 0 Å². The predicted octanol–water partition coefficient (Wildman–Crippen LogP) is 3.20. The zero-order valence-corrected chi connectivity index (χ0v) is 8.65. The van der Waals surface area contributed by atoms with Crippen LogP contribution in [0.1, 0.15) is 5.56 Å². The number of thiocyanates is 1. The first-order chi connectivity index (χ1) is 6.24. The summed E-state index contributed by atoms with van der Waals surface area (Å²) in [6.07, 6.45) is 0. The highest BCUT2D eigenvalue weighted by molar-refractivity contribution is 8.03. The highest BCUT2D eigenvalue weighted by Crippen LogP contribution is 2.22. The van der Waals surface area contributed by atoms with Gasteiger partial charge in [0.2, 0.25) is 0 Å². The molecule has 0 aliphatic rings. The highest BCUT2D eigenvalue weighted by atomic mass is 35.5. The Bertz CT molecular complexity index is 335. The first kappa shape index (κ1) is 10.2. The Hall–Kier alpha value is -0.850. The van der Waals surface area contributed by atoms with Gasteiger partial charge in [-0.2, -0.15) is 5.26 Å². The summed E-state index contributed by atoms with van der Waals surface area (Å²) < 4.78 is 5.31. The third kappa shape index (κ3) is 3.17. The molecule has 68 valence electrons. The van der Waals surface area contributed by atoms with E-state index < -0.39 is 0 Å². The molecule has 0 N–H and O–H groups in total. The quantitative estimate of drug-likeness (QED) is 0.439. The van der Waals surface area contributed by atoms with Gasteiger partial charge in [0.1, 0.15) is 17.1 Å². The number of benzene rings is 1. The highest BCUT2D eigenvalue weighted by Gasteiger charge is 1.99. The van der Waals surface area contributed by atoms with Crippen LogP contribution >= 0.6 is 23.4 Å². The third-order valence-electron chi connectivity index (χ3n) is 1.47. The monoisotopic (exact) mass is 213 g/mol. The molecule has 0 bridgehead atoms. The lowest BCUT2D eigenvalue weighted by atomic mass is 10.2. The molecular formula is C9H8ClNOS. The van der Waals surface area contributed by atoms with Crippen molar-refractivity contribution in [1.29, 1.82) is 5.26 Å². The van der Waals surface area contributed by atoms with Crippen LogP contribution in [0.3, 0.4) is 0 Å². The van der Waals surface area contributed by atoms with Crippen LogP contribution in [0.5, 0.6) is 5.75 Å². The normalized spacial score (nSPS) is 9.31. The molecule has 0 saturated carbocycles. The van der Waals surface area contributed by atoms with Gasteiger partial charge in [0, 0.05) is 5.02 Å². The molecule has 13 heavy (non-hydrogen) atoms. The minimum atomic E-state index is 0.346. The smallest absolute Gasteiger partial charge is 0.148 e. The summed E-state index contributed by atoms with van der Waals surface area (Å²) in [6, 6.07) is 5.39. The third-order valence-corrected chi connectivity index (χ3v) is 2.07. The molecule has 0 spiro atoms. The molecule has 1 rings (SSSR count). The van der Waals surface area contributed by atoms with E-state index >= 15 is 0 Å². The van der Waals surface area contributed by atoms with E-state index in [1.807, 2.05) is 18.4 Å². The van der Waals surface area contributed by atoms with Gasteiger partial charge < -0.3 is 4.74 Å². The predicted molar refractivity (Wildman–Crippen MR) is 54.9 cm³/mol. The molecule has 0 aliphatic heterocycles. The van der Waals surface area contributed by atoms with E-state index in [0.29, 0.717) is 11.0 Å². The largest absolute Gasteiger partial charge is 0.482 e. The number of nitriles is 1. The number of rotatable bonds is 3. The molecule has 0 saturated heterocycles. The average Bonchev–Trinajstić information content (AvgIpc) is 2.09. The van der Waals surface area contributed by atoms with Gasteiger partial charge in [-0.05, 0) is 42.4 Å². The summed E-state index contributed by atoms with van der Waals surface area (Å²) >= 11 is 6.83. The molecule has 0 unspecified atom stereocenters. The van der Waals surface area contributed by atoms with Gasteiger partial charge in [-0.1, -0.05) is 11.6 Å². The van der Waals surface area contributed by atoms with Crippen molar-refractivity contribution >= 4 is 23.4 Å². The Morgan fingerprint density at radius 2 is 2.38 bits per heavy atom. The Morgan fingerprint density at radius 1 is 1.62 bits per heavy atom. The van der Waals surface area contributed by atoms with Crippen molar-refractivity contribution in [2.24, 2.45) is 0 Å². The molecule has 2 nitrogen and oxygen atoms in total. The molecule has 0 aliphatic carbocycles. The average molecular weight is 214 g/mol. The standard InChI is InChI=1S/C9H8ClNOS/c1-7-4-8(10)2-3-9(7)12-6-13-5-11/h2-4H,6H2,1H3. The number of aryl methyl sites for hydroxylation is 1. The van der Waals surface area contributed by atoms with Crippen LogP contribution in [0.15, 0.2) is 18.2 Å². The van der Waals surface area contributed by atoms with E-state index in [0.717, 1.165) is 23.1 Å². The summed E-state index contributed by atoms with van der Waals surface area (Å²) in [7, 11) is 0. The molecule has 4 heteroatoms. The van der Waals surface area contributed by atoms with E-state index in [9.17, 15) is 0 Å². The Balaban J connectivity index is 2.62. The van der Waals surface area contributed by atoms with Crippen LogP contribution in [0, 0.1) is 17.6 Å². The van der Waals surface area contributed by atoms with Crippen molar-refractivity contribution in [3.05, 3.63) is 28.8 Å². The lowest BCUT2D eigenvalue weighted by molar-refractivity contribution is 0.391. The fraction of sp³-hybridized carbons (Fsp3) is 0.222. The van der Waals surface area contributed by atoms with E-state index in [2.05, 4.69) is 0 Å². The van der Waals surface area contributed by atoms with E-state index in [4.69, 9.17) is 21.6 Å². The number of hydrogen-bond acceptors (Lipinski definition) is 3. The molecule has 1 aromatic carbocycles. The van der Waals surface area contributed by atoms with Gasteiger partial charge in [0.05, 0.1) is 0 Å². The molecule has 0 amide bonds. The van der Waals surface area contributed by atoms with Gasteiger partial charge in [0.15, 0.2) is 0 Å². The van der Waals surface area contributed by atoms with Gasteiger partial charge in [-0.3, -0.25) is 0 Å². The van der Waals surface area contributed by atoms with Gasteiger partial charge >= 0.3 is 0 Å². The first-order valence-corrected chi connectivity index (χ1v) is 5.00. The summed E-state index contributed by atoms with van der Waals surface area (Å²) in [6.45, 7) is 1.91. The lowest BCUT2D eigenvalue weighted by Crippen LogP contribution is -1.93. The van der Waals surface area contributed by atoms with Crippen molar-refractivity contribution in [3.63, 3.8) is 0 Å². The zero-order valence-electron chi connectivity index (χ0n) is 7.08. The van der Waals surface area contributed by atoms with E-state index in [-0.39, 0.29) is 0 Å². The maximum absolute atomic E-state index is 8.27. The number of nitrogens with zero attached hydrogens (tertiary/aromatic N) is 1. The number of thioether (sulfide) groups is 1. The molecular weight excluding hydrogens is 206 g/mol. The van der Waals surface area contributed by atoms with E-state index in [1.54, 1.807) is 12.1 Å². The fourth-order valence-corrected chi connectivity index (χ4v) is 1.36. The van der Waals surface area contributed by atoms with Crippen LogP contribution in [-0.4, -0.2) is 5.94 Å². The second kappa shape index (κ2) is 5.00. The van der Waals surface area contributed by atoms with Crippen LogP contribution in [0.4, 0.5) is 0 Å². The topological polar surface area (TPSA) is 33.0 Å². The van der Waals surface area contributed by atoms with Crippen LogP contribution in [0.2, 0.25) is 5.02 Å². The Kier molecular flexibility index (Phi) is 3.94. The summed E-state index contributed by atoms with van der Waals surface area (Å²) in [5, 5.41) is 10.9. The second-order valence-electron chi connectivity index (χ2n) is 2.41. The molecule has 1 aromatic rings. The van der Waals surface area contributed by atoms with Gasteiger partial charge in [-0.15, -0.1) is 0 Å². The second-order valence-corrected chi connectivity index (χ2v) is 3.55. The minimum Gasteiger partial charge on any atom is -0.482 e. The van der Waals surface area contributed by atoms with Crippen LogP contribution < -0.4 is 4.74 Å². The lowest BCUT2D eigenvalue weighted by Gasteiger charge is -2.06. The first-order valence-electron chi connectivity index (χ1n) is 3.64. The number of hydrogen-bond donors (Lipinski definition) is 0. The number of ether oxygens (including phenoxy) is 1. The Labute approximate surface area is 86.5 Å². The zero-order chi connectivity index (χ0) is 9.68. The van der Waals surface area contributed by atoms with Crippen molar-refractivity contribution in [3.8, 4) is 11.2 Å². The molecule has 0 aromatic heterocycles. The summed E-state index contributed by atoms with van der Waals surface area (Å²) in [4.78, 5) is 0. The Morgan fingerprint density at radius 3 is 3.00 bits per heavy atom. The SMILES string of the molecule is Cc1cc(Cl)ccc1OCSC#N. The van der Waals surface area contributed by atoms with Crippen molar-refractivity contribution < 1.29 is 4.74 Å². The van der Waals surface area contributed by atoms with Crippen LogP contribution in [-0.2, 0) is 0 Å². The van der Waals surface area contributed by atoms with Crippen LogP contribution in [0.25, 0.3) is 0 Å². The maximum Gasteiger partial charge on any atom is 0.148 e. The molecule has 0 radical (unpaired) electrons. The molecule has 0 fully saturated rings. The fourth-order valence-electron chi connectivity index (χ4n) is 0.894.